The van der Waals surface area contributed by atoms with Crippen molar-refractivity contribution in [2.75, 3.05) is 6.54 Å². The van der Waals surface area contributed by atoms with Gasteiger partial charge in [-0.25, -0.2) is 0 Å². The lowest BCUT2D eigenvalue weighted by molar-refractivity contribution is -0.137. The summed E-state index contributed by atoms with van der Waals surface area (Å²) in [7, 11) is 0. The standard InChI is InChI=1S/C15H31NO2/c1-5-6-7-8-9-10-14(4)16(13(2)3)12-11-15(17)18/h13-14H,5-12H2,1-4H3,(H,17,18). The summed E-state index contributed by atoms with van der Waals surface area (Å²) in [5.74, 6) is -0.698. The van der Waals surface area contributed by atoms with E-state index in [4.69, 9.17) is 5.11 Å². The fourth-order valence-electron chi connectivity index (χ4n) is 2.42. The maximum absolute atomic E-state index is 10.7. The van der Waals surface area contributed by atoms with Crippen molar-refractivity contribution in [1.82, 2.24) is 4.90 Å². The first-order valence-electron chi connectivity index (χ1n) is 7.46. The van der Waals surface area contributed by atoms with Crippen LogP contribution in [0.1, 0.15) is 72.6 Å². The van der Waals surface area contributed by atoms with Gasteiger partial charge in [-0.1, -0.05) is 39.0 Å². The van der Waals surface area contributed by atoms with Crippen molar-refractivity contribution in [3.05, 3.63) is 0 Å². The van der Waals surface area contributed by atoms with Gasteiger partial charge >= 0.3 is 5.97 Å². The molecule has 0 aromatic heterocycles. The van der Waals surface area contributed by atoms with E-state index >= 15 is 0 Å². The average Bonchev–Trinajstić information content (AvgIpc) is 2.28. The molecule has 108 valence electrons. The molecule has 18 heavy (non-hydrogen) atoms. The number of carboxylic acids is 1. The Morgan fingerprint density at radius 3 is 2.22 bits per heavy atom. The Labute approximate surface area is 113 Å². The lowest BCUT2D eigenvalue weighted by atomic mass is 10.0. The molecule has 3 nitrogen and oxygen atoms in total. The van der Waals surface area contributed by atoms with Crippen LogP contribution in [0.25, 0.3) is 0 Å². The van der Waals surface area contributed by atoms with Gasteiger partial charge in [-0.05, 0) is 27.2 Å². The minimum Gasteiger partial charge on any atom is -0.481 e. The van der Waals surface area contributed by atoms with Gasteiger partial charge in [-0.15, -0.1) is 0 Å². The first-order chi connectivity index (χ1) is 8.49. The van der Waals surface area contributed by atoms with Crippen molar-refractivity contribution in [3.63, 3.8) is 0 Å². The Hall–Kier alpha value is -0.570. The van der Waals surface area contributed by atoms with E-state index in [1.54, 1.807) is 0 Å². The second kappa shape index (κ2) is 10.4. The number of carboxylic acid groups (broad SMARTS) is 1. The fourth-order valence-corrected chi connectivity index (χ4v) is 2.42. The van der Waals surface area contributed by atoms with Crippen LogP contribution in [0.15, 0.2) is 0 Å². The van der Waals surface area contributed by atoms with Crippen LogP contribution in [-0.4, -0.2) is 34.6 Å². The average molecular weight is 257 g/mol. The molecule has 0 spiro atoms. The van der Waals surface area contributed by atoms with Gasteiger partial charge in [0.2, 0.25) is 0 Å². The summed E-state index contributed by atoms with van der Waals surface area (Å²) >= 11 is 0. The van der Waals surface area contributed by atoms with Crippen LogP contribution in [-0.2, 0) is 4.79 Å². The van der Waals surface area contributed by atoms with Gasteiger partial charge in [0.1, 0.15) is 0 Å². The van der Waals surface area contributed by atoms with Crippen LogP contribution < -0.4 is 0 Å². The van der Waals surface area contributed by atoms with E-state index < -0.39 is 5.97 Å². The second-order valence-electron chi connectivity index (χ2n) is 5.53. The van der Waals surface area contributed by atoms with Crippen molar-refractivity contribution in [2.45, 2.75) is 84.7 Å². The number of carbonyl (C=O) groups is 1. The first kappa shape index (κ1) is 17.4. The molecule has 1 N–H and O–H groups in total. The van der Waals surface area contributed by atoms with E-state index in [9.17, 15) is 4.79 Å². The molecule has 0 aliphatic heterocycles. The van der Waals surface area contributed by atoms with E-state index in [2.05, 4.69) is 32.6 Å². The highest BCUT2D eigenvalue weighted by Crippen LogP contribution is 2.14. The van der Waals surface area contributed by atoms with Gasteiger partial charge in [0.15, 0.2) is 0 Å². The molecule has 0 fully saturated rings. The van der Waals surface area contributed by atoms with Gasteiger partial charge in [0.05, 0.1) is 6.42 Å². The zero-order chi connectivity index (χ0) is 14.0. The monoisotopic (exact) mass is 257 g/mol. The Morgan fingerprint density at radius 2 is 1.72 bits per heavy atom. The molecule has 0 radical (unpaired) electrons. The van der Waals surface area contributed by atoms with Gasteiger partial charge in [0, 0.05) is 18.6 Å². The van der Waals surface area contributed by atoms with E-state index in [1.807, 2.05) is 0 Å². The van der Waals surface area contributed by atoms with Crippen LogP contribution in [0, 0.1) is 0 Å². The molecule has 0 amide bonds. The molecule has 0 saturated heterocycles. The minimum absolute atomic E-state index is 0.248. The highest BCUT2D eigenvalue weighted by atomic mass is 16.4. The SMILES string of the molecule is CCCCCCCC(C)N(CCC(=O)O)C(C)C. The number of unbranched alkanes of at least 4 members (excludes halogenated alkanes) is 4. The van der Waals surface area contributed by atoms with E-state index in [0.29, 0.717) is 18.6 Å². The largest absolute Gasteiger partial charge is 0.481 e. The molecular formula is C15H31NO2. The zero-order valence-electron chi connectivity index (χ0n) is 12.6. The van der Waals surface area contributed by atoms with Crippen LogP contribution in [0.5, 0.6) is 0 Å². The Bertz CT molecular complexity index is 217. The third kappa shape index (κ3) is 8.51. The number of nitrogens with zero attached hydrogens (tertiary/aromatic N) is 1. The van der Waals surface area contributed by atoms with Crippen LogP contribution in [0.4, 0.5) is 0 Å². The summed E-state index contributed by atoms with van der Waals surface area (Å²) in [6.45, 7) is 9.42. The van der Waals surface area contributed by atoms with Crippen LogP contribution >= 0.6 is 0 Å². The maximum Gasteiger partial charge on any atom is 0.304 e. The third-order valence-corrected chi connectivity index (χ3v) is 3.54. The summed E-state index contributed by atoms with van der Waals surface area (Å²) in [6.07, 6.45) is 7.95. The molecule has 0 aromatic carbocycles. The van der Waals surface area contributed by atoms with Crippen molar-refractivity contribution in [2.24, 2.45) is 0 Å². The molecule has 0 bridgehead atoms. The van der Waals surface area contributed by atoms with Crippen LogP contribution in [0.2, 0.25) is 0 Å². The summed E-state index contributed by atoms with van der Waals surface area (Å²) < 4.78 is 0. The van der Waals surface area contributed by atoms with Gasteiger partial charge < -0.3 is 5.11 Å². The summed E-state index contributed by atoms with van der Waals surface area (Å²) in [5.41, 5.74) is 0. The number of hydrogen-bond acceptors (Lipinski definition) is 2. The van der Waals surface area contributed by atoms with Gasteiger partial charge in [-0.3, -0.25) is 9.69 Å². The Morgan fingerprint density at radius 1 is 1.11 bits per heavy atom. The highest BCUT2D eigenvalue weighted by Gasteiger charge is 2.17. The third-order valence-electron chi connectivity index (χ3n) is 3.54. The molecule has 1 atom stereocenters. The number of rotatable bonds is 11. The van der Waals surface area contributed by atoms with E-state index in [-0.39, 0.29) is 6.42 Å². The molecular weight excluding hydrogens is 226 g/mol. The second-order valence-corrected chi connectivity index (χ2v) is 5.53. The molecule has 3 heteroatoms. The molecule has 0 aliphatic carbocycles. The Balaban J connectivity index is 3.91. The Kier molecular flexibility index (Phi) is 10.0. The summed E-state index contributed by atoms with van der Waals surface area (Å²) in [6, 6.07) is 0.918. The van der Waals surface area contributed by atoms with Crippen molar-refractivity contribution >= 4 is 5.97 Å². The van der Waals surface area contributed by atoms with E-state index in [0.717, 1.165) is 0 Å². The molecule has 0 rings (SSSR count). The fraction of sp³-hybridized carbons (Fsp3) is 0.933. The van der Waals surface area contributed by atoms with Crippen LogP contribution in [0.3, 0.4) is 0 Å². The minimum atomic E-state index is -0.698. The smallest absolute Gasteiger partial charge is 0.304 e. The molecule has 0 aliphatic rings. The predicted octanol–water partition coefficient (Wildman–Crippen LogP) is 3.92. The zero-order valence-corrected chi connectivity index (χ0v) is 12.6. The number of hydrogen-bond donors (Lipinski definition) is 1. The molecule has 1 unspecified atom stereocenters. The summed E-state index contributed by atoms with van der Waals surface area (Å²) in [4.78, 5) is 13.0. The van der Waals surface area contributed by atoms with Gasteiger partial charge in [-0.2, -0.15) is 0 Å². The maximum atomic E-state index is 10.7. The normalized spacial score (nSPS) is 13.2. The lowest BCUT2D eigenvalue weighted by Crippen LogP contribution is -2.40. The predicted molar refractivity (Wildman–Crippen MR) is 76.9 cm³/mol. The van der Waals surface area contributed by atoms with Crippen molar-refractivity contribution in [3.8, 4) is 0 Å². The topological polar surface area (TPSA) is 40.5 Å². The molecule has 0 saturated carbocycles. The van der Waals surface area contributed by atoms with E-state index in [1.165, 1.54) is 38.5 Å². The first-order valence-corrected chi connectivity index (χ1v) is 7.46. The van der Waals surface area contributed by atoms with Gasteiger partial charge in [0.25, 0.3) is 0 Å². The quantitative estimate of drug-likeness (QED) is 0.570. The summed E-state index contributed by atoms with van der Waals surface area (Å²) in [5, 5.41) is 8.77. The number of aliphatic carboxylic acids is 1. The van der Waals surface area contributed by atoms with Crippen molar-refractivity contribution in [1.29, 1.82) is 0 Å². The van der Waals surface area contributed by atoms with Crippen molar-refractivity contribution < 1.29 is 9.90 Å². The molecule has 0 aromatic rings. The highest BCUT2D eigenvalue weighted by molar-refractivity contribution is 5.66. The molecule has 0 heterocycles. The lowest BCUT2D eigenvalue weighted by Gasteiger charge is -2.32.